The first-order valence-corrected chi connectivity index (χ1v) is 12.6. The molecule has 1 atom stereocenters. The lowest BCUT2D eigenvalue weighted by Gasteiger charge is -2.12. The van der Waals surface area contributed by atoms with E-state index in [0.717, 1.165) is 32.0 Å². The lowest BCUT2D eigenvalue weighted by Crippen LogP contribution is -2.37. The van der Waals surface area contributed by atoms with E-state index in [4.69, 9.17) is 0 Å². The summed E-state index contributed by atoms with van der Waals surface area (Å²) in [6.45, 7) is 5.00. The third-order valence-corrected chi connectivity index (χ3v) is 5.55. The monoisotopic (exact) mass is 424 g/mol. The second kappa shape index (κ2) is 22.3. The molecule has 0 fully saturated rings. The predicted octanol–water partition coefficient (Wildman–Crippen LogP) is 5.85. The van der Waals surface area contributed by atoms with Gasteiger partial charge in [-0.25, -0.2) is 0 Å². The molecule has 0 bridgehead atoms. The van der Waals surface area contributed by atoms with Crippen LogP contribution in [0.2, 0.25) is 0 Å². The Kier molecular flexibility index (Phi) is 21.3. The zero-order chi connectivity index (χ0) is 22.3. The summed E-state index contributed by atoms with van der Waals surface area (Å²) in [5, 5.41) is 5.57. The van der Waals surface area contributed by atoms with Gasteiger partial charge in [-0.05, 0) is 19.3 Å². The Labute approximate surface area is 185 Å². The van der Waals surface area contributed by atoms with Crippen molar-refractivity contribution in [1.82, 2.24) is 10.6 Å². The smallest absolute Gasteiger partial charge is 0.220 e. The van der Waals surface area contributed by atoms with Gasteiger partial charge in [0.2, 0.25) is 11.8 Å². The maximum absolute atomic E-state index is 12.0. The van der Waals surface area contributed by atoms with Crippen molar-refractivity contribution in [2.24, 2.45) is 0 Å². The highest BCUT2D eigenvalue weighted by Crippen LogP contribution is 2.13. The van der Waals surface area contributed by atoms with Crippen molar-refractivity contribution in [2.75, 3.05) is 6.54 Å². The maximum atomic E-state index is 12.0. The Morgan fingerprint density at radius 3 is 1.67 bits per heavy atom. The Balaban J connectivity index is 3.53. The van der Waals surface area contributed by atoms with Crippen LogP contribution in [0, 0.1) is 0 Å². The summed E-state index contributed by atoms with van der Waals surface area (Å²) in [6, 6.07) is -0.559. The number of aldehydes is 1. The van der Waals surface area contributed by atoms with E-state index in [9.17, 15) is 14.4 Å². The summed E-state index contributed by atoms with van der Waals surface area (Å²) in [7, 11) is 0. The van der Waals surface area contributed by atoms with Crippen molar-refractivity contribution < 1.29 is 14.4 Å². The van der Waals surface area contributed by atoms with E-state index in [1.807, 2.05) is 0 Å². The van der Waals surface area contributed by atoms with Crippen molar-refractivity contribution in [3.63, 3.8) is 0 Å². The van der Waals surface area contributed by atoms with Crippen LogP contribution in [0.25, 0.3) is 0 Å². The van der Waals surface area contributed by atoms with Crippen molar-refractivity contribution in [3.05, 3.63) is 0 Å². The van der Waals surface area contributed by atoms with E-state index in [1.54, 1.807) is 0 Å². The molecule has 1 unspecified atom stereocenters. The van der Waals surface area contributed by atoms with Crippen molar-refractivity contribution >= 4 is 18.1 Å². The fraction of sp³-hybridized carbons (Fsp3) is 0.880. The van der Waals surface area contributed by atoms with Crippen LogP contribution in [-0.4, -0.2) is 30.7 Å². The van der Waals surface area contributed by atoms with Crippen LogP contribution in [-0.2, 0) is 14.4 Å². The molecule has 176 valence electrons. The topological polar surface area (TPSA) is 75.3 Å². The Morgan fingerprint density at radius 2 is 1.17 bits per heavy atom. The van der Waals surface area contributed by atoms with E-state index in [1.165, 1.54) is 70.6 Å². The summed E-state index contributed by atoms with van der Waals surface area (Å²) in [6.07, 6.45) is 20.4. The number of rotatable bonds is 22. The molecule has 30 heavy (non-hydrogen) atoms. The van der Waals surface area contributed by atoms with Crippen molar-refractivity contribution in [1.29, 1.82) is 0 Å². The van der Waals surface area contributed by atoms with Crippen LogP contribution in [0.15, 0.2) is 0 Å². The van der Waals surface area contributed by atoms with E-state index >= 15 is 0 Å². The molecular weight excluding hydrogens is 376 g/mol. The summed E-state index contributed by atoms with van der Waals surface area (Å²) < 4.78 is 0. The minimum absolute atomic E-state index is 0.0546. The van der Waals surface area contributed by atoms with Gasteiger partial charge >= 0.3 is 0 Å². The average molecular weight is 425 g/mol. The maximum Gasteiger partial charge on any atom is 0.220 e. The molecule has 0 saturated carbocycles. The summed E-state index contributed by atoms with van der Waals surface area (Å²) in [4.78, 5) is 34.8. The van der Waals surface area contributed by atoms with E-state index in [-0.39, 0.29) is 18.2 Å². The molecule has 0 aromatic carbocycles. The lowest BCUT2D eigenvalue weighted by molar-refractivity contribution is -0.125. The zero-order valence-corrected chi connectivity index (χ0v) is 19.8. The first-order valence-electron chi connectivity index (χ1n) is 12.6. The number of hydrogen-bond acceptors (Lipinski definition) is 3. The quantitative estimate of drug-likeness (QED) is 0.169. The molecule has 0 aromatic rings. The van der Waals surface area contributed by atoms with E-state index in [0.29, 0.717) is 19.4 Å². The van der Waals surface area contributed by atoms with Crippen LogP contribution in [0.5, 0.6) is 0 Å². The molecule has 5 heteroatoms. The van der Waals surface area contributed by atoms with Crippen molar-refractivity contribution in [2.45, 2.75) is 135 Å². The van der Waals surface area contributed by atoms with Crippen LogP contribution in [0.3, 0.4) is 0 Å². The molecule has 2 N–H and O–H groups in total. The molecular formula is C25H48N2O3. The molecule has 0 aliphatic rings. The highest BCUT2D eigenvalue weighted by atomic mass is 16.2. The minimum Gasteiger partial charge on any atom is -0.356 e. The number of unbranched alkanes of at least 4 members (excludes halogenated alkanes) is 13. The first-order chi connectivity index (χ1) is 14.6. The fourth-order valence-corrected chi connectivity index (χ4v) is 3.54. The molecule has 0 spiro atoms. The normalized spacial score (nSPS) is 11.8. The summed E-state index contributed by atoms with van der Waals surface area (Å²) in [5.74, 6) is -0.136. The second-order valence-corrected chi connectivity index (χ2v) is 8.54. The van der Waals surface area contributed by atoms with Gasteiger partial charge in [0.15, 0.2) is 0 Å². The third kappa shape index (κ3) is 19.9. The van der Waals surface area contributed by atoms with Gasteiger partial charge in [0.05, 0.1) is 6.04 Å². The molecule has 2 amide bonds. The molecule has 0 aliphatic carbocycles. The highest BCUT2D eigenvalue weighted by Gasteiger charge is 2.13. The minimum atomic E-state index is -0.559. The van der Waals surface area contributed by atoms with Gasteiger partial charge in [0, 0.05) is 19.4 Å². The van der Waals surface area contributed by atoms with Gasteiger partial charge in [-0.15, -0.1) is 0 Å². The van der Waals surface area contributed by atoms with Crippen LogP contribution >= 0.6 is 0 Å². The van der Waals surface area contributed by atoms with Crippen LogP contribution in [0.4, 0.5) is 0 Å². The Bertz CT molecular complexity index is 427. The van der Waals surface area contributed by atoms with Gasteiger partial charge in [0.25, 0.3) is 0 Å². The van der Waals surface area contributed by atoms with Gasteiger partial charge in [-0.1, -0.05) is 97.3 Å². The Morgan fingerprint density at radius 1 is 0.667 bits per heavy atom. The molecule has 0 rings (SSSR count). The average Bonchev–Trinajstić information content (AvgIpc) is 2.74. The molecule has 0 aromatic heterocycles. The SMILES string of the molecule is CCCCCCCCCCCCCCCC(=O)NC(C=O)CCC(=O)NCCCC. The lowest BCUT2D eigenvalue weighted by atomic mass is 10.0. The van der Waals surface area contributed by atoms with E-state index in [2.05, 4.69) is 24.5 Å². The van der Waals surface area contributed by atoms with Crippen molar-refractivity contribution in [3.8, 4) is 0 Å². The molecule has 0 saturated heterocycles. The largest absolute Gasteiger partial charge is 0.356 e. The first kappa shape index (κ1) is 28.6. The van der Waals surface area contributed by atoms with E-state index < -0.39 is 6.04 Å². The van der Waals surface area contributed by atoms with Gasteiger partial charge < -0.3 is 15.4 Å². The Hall–Kier alpha value is -1.39. The zero-order valence-electron chi connectivity index (χ0n) is 19.8. The van der Waals surface area contributed by atoms with Crippen LogP contribution in [0.1, 0.15) is 129 Å². The summed E-state index contributed by atoms with van der Waals surface area (Å²) in [5.41, 5.74) is 0. The van der Waals surface area contributed by atoms with Gasteiger partial charge in [-0.2, -0.15) is 0 Å². The summed E-state index contributed by atoms with van der Waals surface area (Å²) >= 11 is 0. The second-order valence-electron chi connectivity index (χ2n) is 8.54. The fourth-order valence-electron chi connectivity index (χ4n) is 3.54. The number of hydrogen-bond donors (Lipinski definition) is 2. The van der Waals surface area contributed by atoms with Gasteiger partial charge in [-0.3, -0.25) is 9.59 Å². The number of carbonyl (C=O) groups is 3. The standard InChI is InChI=1S/C25H48N2O3/c1-3-5-7-8-9-10-11-12-13-14-15-16-17-18-25(30)27-23(22-28)19-20-24(29)26-21-6-4-2/h22-23H,3-21H2,1-2H3,(H,26,29)(H,27,30). The van der Waals surface area contributed by atoms with Gasteiger partial charge in [0.1, 0.15) is 6.29 Å². The third-order valence-electron chi connectivity index (χ3n) is 5.55. The predicted molar refractivity (Wildman–Crippen MR) is 125 cm³/mol. The highest BCUT2D eigenvalue weighted by molar-refractivity contribution is 5.80. The number of amides is 2. The molecule has 5 nitrogen and oxygen atoms in total. The number of nitrogens with one attached hydrogen (secondary N) is 2. The number of carbonyl (C=O) groups excluding carboxylic acids is 3. The molecule has 0 heterocycles. The molecule has 0 aliphatic heterocycles. The molecule has 0 radical (unpaired) electrons. The van der Waals surface area contributed by atoms with Crippen LogP contribution < -0.4 is 10.6 Å².